The van der Waals surface area contributed by atoms with Crippen LogP contribution in [0.25, 0.3) is 5.65 Å². The smallest absolute Gasteiger partial charge is 0.284 e. The van der Waals surface area contributed by atoms with Crippen LogP contribution in [0.15, 0.2) is 24.7 Å². The molecule has 0 unspecified atom stereocenters. The molecule has 1 saturated carbocycles. The normalized spacial score (nSPS) is 25.9. The monoisotopic (exact) mass is 625 g/mol. The van der Waals surface area contributed by atoms with Crippen molar-refractivity contribution in [2.75, 3.05) is 56.5 Å². The number of rotatable bonds is 10. The van der Waals surface area contributed by atoms with E-state index >= 15 is 0 Å². The minimum absolute atomic E-state index is 0.0301. The van der Waals surface area contributed by atoms with Gasteiger partial charge in [-0.05, 0) is 102 Å². The second-order valence-corrected chi connectivity index (χ2v) is 13.5. The van der Waals surface area contributed by atoms with Gasteiger partial charge in [0.15, 0.2) is 17.2 Å². The number of morpholine rings is 1. The first-order chi connectivity index (χ1) is 21.9. The molecule has 0 aromatic carbocycles. The summed E-state index contributed by atoms with van der Waals surface area (Å²) in [5, 5.41) is 15.2. The molecule has 0 spiro atoms. The molecule has 3 aromatic heterocycles. The number of hydrogen-bond acceptors (Lipinski definition) is 8. The Balaban J connectivity index is 1.02. The minimum Gasteiger partial charge on any atom is -0.371 e. The first-order valence-electron chi connectivity index (χ1n) is 16.7. The number of halogens is 2. The molecule has 3 saturated heterocycles. The standard InChI is InChI=1S/C32H45F2N9O2/c1-40(16-11-21-9-13-35-14-10-21)17-22-3-5-23(6-4-22)43-20-26(28(38-43)29(33)34)37-32(44)27-30-36-12-2-15-42(30)39-31(27)41-18-24-7-8-25(19-41)45-24/h2,12,15,20-25,29,35H,3-11,13-14,16-19H2,1H3,(H,37,44)/t22?,23?,24-,25-/m1/s1. The van der Waals surface area contributed by atoms with E-state index in [0.29, 0.717) is 30.5 Å². The van der Waals surface area contributed by atoms with Crippen LogP contribution >= 0.6 is 0 Å². The van der Waals surface area contributed by atoms with Crippen LogP contribution in [0.4, 0.5) is 20.3 Å². The highest BCUT2D eigenvalue weighted by Gasteiger charge is 2.37. The van der Waals surface area contributed by atoms with Gasteiger partial charge in [-0.2, -0.15) is 5.10 Å². The molecule has 6 heterocycles. The zero-order valence-electron chi connectivity index (χ0n) is 26.1. The molecule has 3 aromatic rings. The average molecular weight is 626 g/mol. The summed E-state index contributed by atoms with van der Waals surface area (Å²) in [4.78, 5) is 22.8. The van der Waals surface area contributed by atoms with Crippen LogP contribution in [0, 0.1) is 11.8 Å². The van der Waals surface area contributed by atoms with Crippen molar-refractivity contribution in [1.82, 2.24) is 34.6 Å². The van der Waals surface area contributed by atoms with Gasteiger partial charge >= 0.3 is 0 Å². The van der Waals surface area contributed by atoms with E-state index < -0.39 is 18.0 Å². The number of nitrogens with zero attached hydrogens (tertiary/aromatic N) is 7. The number of amides is 1. The van der Waals surface area contributed by atoms with E-state index in [1.54, 1.807) is 33.9 Å². The summed E-state index contributed by atoms with van der Waals surface area (Å²) in [6.45, 7) is 5.72. The summed E-state index contributed by atoms with van der Waals surface area (Å²) >= 11 is 0. The molecule has 244 valence electrons. The molecule has 11 nitrogen and oxygen atoms in total. The van der Waals surface area contributed by atoms with Gasteiger partial charge in [-0.15, -0.1) is 5.10 Å². The van der Waals surface area contributed by atoms with Crippen molar-refractivity contribution in [3.05, 3.63) is 35.9 Å². The van der Waals surface area contributed by atoms with Crippen LogP contribution in [-0.4, -0.2) is 93.7 Å². The molecule has 2 atom stereocenters. The summed E-state index contributed by atoms with van der Waals surface area (Å²) in [6, 6.07) is 1.78. The van der Waals surface area contributed by atoms with E-state index in [1.165, 1.54) is 19.3 Å². The van der Waals surface area contributed by atoms with Gasteiger partial charge in [0.2, 0.25) is 0 Å². The number of nitrogens with one attached hydrogen (secondary N) is 2. The van der Waals surface area contributed by atoms with Crippen LogP contribution in [0.2, 0.25) is 0 Å². The Bertz CT molecular complexity index is 1450. The summed E-state index contributed by atoms with van der Waals surface area (Å²) in [6.07, 6.45) is 11.9. The summed E-state index contributed by atoms with van der Waals surface area (Å²) in [7, 11) is 2.22. The molecular formula is C32H45F2N9O2. The van der Waals surface area contributed by atoms with Gasteiger partial charge in [0, 0.05) is 38.2 Å². The zero-order chi connectivity index (χ0) is 30.9. The molecule has 4 fully saturated rings. The van der Waals surface area contributed by atoms with E-state index in [2.05, 4.69) is 42.7 Å². The van der Waals surface area contributed by atoms with Crippen LogP contribution in [0.5, 0.6) is 0 Å². The summed E-state index contributed by atoms with van der Waals surface area (Å²) in [5.41, 5.74) is 0.292. The highest BCUT2D eigenvalue weighted by Crippen LogP contribution is 2.36. The number of fused-ring (bicyclic) bond motifs is 3. The highest BCUT2D eigenvalue weighted by molar-refractivity contribution is 6.12. The predicted molar refractivity (Wildman–Crippen MR) is 167 cm³/mol. The molecule has 45 heavy (non-hydrogen) atoms. The fourth-order valence-corrected chi connectivity index (χ4v) is 7.82. The van der Waals surface area contributed by atoms with E-state index in [1.807, 2.05) is 0 Å². The first kappa shape index (κ1) is 30.5. The second-order valence-electron chi connectivity index (χ2n) is 13.5. The number of alkyl halides is 2. The van der Waals surface area contributed by atoms with Gasteiger partial charge in [-0.25, -0.2) is 18.3 Å². The largest absolute Gasteiger partial charge is 0.371 e. The second kappa shape index (κ2) is 13.3. The van der Waals surface area contributed by atoms with Crippen molar-refractivity contribution in [2.45, 2.75) is 82.5 Å². The molecule has 1 aliphatic carbocycles. The molecule has 13 heteroatoms. The van der Waals surface area contributed by atoms with Crippen molar-refractivity contribution < 1.29 is 18.3 Å². The van der Waals surface area contributed by atoms with Crippen LogP contribution in [-0.2, 0) is 4.74 Å². The molecular weight excluding hydrogens is 580 g/mol. The van der Waals surface area contributed by atoms with Crippen LogP contribution in [0.3, 0.4) is 0 Å². The van der Waals surface area contributed by atoms with Crippen molar-refractivity contribution >= 4 is 23.1 Å². The lowest BCUT2D eigenvalue weighted by molar-refractivity contribution is 0.0301. The maximum absolute atomic E-state index is 14.2. The lowest BCUT2D eigenvalue weighted by Gasteiger charge is -2.32. The average Bonchev–Trinajstić information content (AvgIpc) is 3.75. The van der Waals surface area contributed by atoms with Crippen molar-refractivity contribution in [3.8, 4) is 0 Å². The van der Waals surface area contributed by atoms with Crippen molar-refractivity contribution in [1.29, 1.82) is 0 Å². The Morgan fingerprint density at radius 2 is 1.82 bits per heavy atom. The van der Waals surface area contributed by atoms with Gasteiger partial charge in [0.05, 0.1) is 23.9 Å². The molecule has 1 amide bonds. The Kier molecular flexibility index (Phi) is 9.01. The lowest BCUT2D eigenvalue weighted by atomic mass is 9.85. The topological polar surface area (TPSA) is 105 Å². The number of aromatic nitrogens is 5. The number of anilines is 2. The third-order valence-electron chi connectivity index (χ3n) is 10.3. The number of ether oxygens (including phenoxy) is 1. The summed E-state index contributed by atoms with van der Waals surface area (Å²) < 4.78 is 37.7. The Hall–Kier alpha value is -3.16. The summed E-state index contributed by atoms with van der Waals surface area (Å²) in [5.74, 6) is 1.40. The predicted octanol–water partition coefficient (Wildman–Crippen LogP) is 4.54. The molecule has 2 bridgehead atoms. The molecule has 4 aliphatic rings. The fraction of sp³-hybridized carbons (Fsp3) is 0.688. The Morgan fingerprint density at radius 1 is 1.07 bits per heavy atom. The molecule has 2 N–H and O–H groups in total. The molecule has 3 aliphatic heterocycles. The number of carbonyl (C=O) groups is 1. The third-order valence-corrected chi connectivity index (χ3v) is 10.3. The fourth-order valence-electron chi connectivity index (χ4n) is 7.82. The number of piperidine rings is 1. The lowest BCUT2D eigenvalue weighted by Crippen LogP contribution is -2.43. The zero-order valence-corrected chi connectivity index (χ0v) is 26.1. The first-order valence-corrected chi connectivity index (χ1v) is 16.7. The van der Waals surface area contributed by atoms with Gasteiger partial charge in [-0.3, -0.25) is 9.48 Å². The van der Waals surface area contributed by atoms with Crippen molar-refractivity contribution in [3.63, 3.8) is 0 Å². The van der Waals surface area contributed by atoms with Gasteiger partial charge < -0.3 is 25.2 Å². The van der Waals surface area contributed by atoms with E-state index in [0.717, 1.165) is 70.6 Å². The highest BCUT2D eigenvalue weighted by atomic mass is 19.3. The Labute approximate surface area is 262 Å². The van der Waals surface area contributed by atoms with E-state index in [-0.39, 0.29) is 29.5 Å². The Morgan fingerprint density at radius 3 is 2.56 bits per heavy atom. The number of hydrogen-bond donors (Lipinski definition) is 2. The quantitative estimate of drug-likeness (QED) is 0.339. The molecule has 0 radical (unpaired) electrons. The maximum atomic E-state index is 14.2. The van der Waals surface area contributed by atoms with Gasteiger partial charge in [0.25, 0.3) is 12.3 Å². The minimum atomic E-state index is -2.82. The molecule has 7 rings (SSSR count). The van der Waals surface area contributed by atoms with E-state index in [9.17, 15) is 13.6 Å². The maximum Gasteiger partial charge on any atom is 0.284 e. The third kappa shape index (κ3) is 6.71. The van der Waals surface area contributed by atoms with Crippen LogP contribution < -0.4 is 15.5 Å². The van der Waals surface area contributed by atoms with E-state index in [4.69, 9.17) is 4.74 Å². The SMILES string of the molecule is CN(CCC1CCNCC1)CC1CCC(n2cc(NC(=O)c3c(N4C[C@H]5CC[C@H](C4)O5)nn4cccnc34)c(C(F)F)n2)CC1. The van der Waals surface area contributed by atoms with Crippen LogP contribution in [0.1, 0.15) is 86.3 Å². The van der Waals surface area contributed by atoms with Gasteiger partial charge in [0.1, 0.15) is 5.56 Å². The number of carbonyl (C=O) groups excluding carboxylic acids is 1. The van der Waals surface area contributed by atoms with Gasteiger partial charge in [-0.1, -0.05) is 0 Å². The van der Waals surface area contributed by atoms with Crippen molar-refractivity contribution in [2.24, 2.45) is 11.8 Å².